The summed E-state index contributed by atoms with van der Waals surface area (Å²) in [6.07, 6.45) is 8.36. The van der Waals surface area contributed by atoms with Crippen molar-refractivity contribution in [2.24, 2.45) is 0 Å². The van der Waals surface area contributed by atoms with Crippen molar-refractivity contribution in [2.75, 3.05) is 12.3 Å². The minimum atomic E-state index is -0.875. The highest BCUT2D eigenvalue weighted by Gasteiger charge is 2.13. The number of fused-ring (bicyclic) bond motifs is 1. The van der Waals surface area contributed by atoms with Crippen LogP contribution in [0.2, 0.25) is 0 Å². The zero-order valence-corrected chi connectivity index (χ0v) is 23.5. The molecule has 210 valence electrons. The molecule has 0 amide bonds. The number of carboxylic acids is 1. The van der Waals surface area contributed by atoms with Gasteiger partial charge in [0, 0.05) is 6.54 Å². The van der Waals surface area contributed by atoms with E-state index in [1.54, 1.807) is 36.4 Å². The highest BCUT2D eigenvalue weighted by atomic mass is 32.1. The Hall–Kier alpha value is -4.09. The number of benzene rings is 1. The number of thiazole rings is 1. The fourth-order valence-electron chi connectivity index (χ4n) is 2.95. The van der Waals surface area contributed by atoms with E-state index in [1.807, 2.05) is 33.8 Å². The molecule has 0 fully saturated rings. The highest BCUT2D eigenvalue weighted by Crippen LogP contribution is 2.15. The smallest absolute Gasteiger partial charge is 0.337 e. The maximum atomic E-state index is 12.0. The second kappa shape index (κ2) is 17.4. The molecule has 4 N–H and O–H groups in total. The van der Waals surface area contributed by atoms with Gasteiger partial charge in [-0.2, -0.15) is 4.98 Å². The van der Waals surface area contributed by atoms with Gasteiger partial charge in [0.1, 0.15) is 6.61 Å². The van der Waals surface area contributed by atoms with Gasteiger partial charge in [-0.3, -0.25) is 9.36 Å². The molecule has 0 aliphatic heterocycles. The summed E-state index contributed by atoms with van der Waals surface area (Å²) in [5, 5.41) is 18.5. The number of carboxylic acid groups (broad SMARTS) is 1. The van der Waals surface area contributed by atoms with Gasteiger partial charge in [-0.05, 0) is 44.9 Å². The second-order valence-corrected chi connectivity index (χ2v) is 8.90. The van der Waals surface area contributed by atoms with E-state index >= 15 is 0 Å². The molecular weight excluding hydrogens is 520 g/mol. The molecule has 0 aliphatic rings. The fraction of sp³-hybridized carbons (Fsp3) is 0.321. The number of aromatic nitrogens is 3. The number of carbonyl (C=O) groups is 2. The molecule has 0 saturated carbocycles. The average molecular weight is 557 g/mol. The van der Waals surface area contributed by atoms with Gasteiger partial charge in [0.05, 0.1) is 28.1 Å². The Bertz CT molecular complexity index is 1340. The van der Waals surface area contributed by atoms with Gasteiger partial charge in [0.25, 0.3) is 0 Å². The van der Waals surface area contributed by atoms with Gasteiger partial charge < -0.3 is 20.7 Å². The SMILES string of the molecule is C=C(/C=C\C=C/C)C(=O)OCC(O)CCCn1c(=O)sc2cnc(N)nc21.CC.Cc1ccc(C(=O)O)cc1. The van der Waals surface area contributed by atoms with Crippen molar-refractivity contribution in [3.63, 3.8) is 0 Å². The van der Waals surface area contributed by atoms with Crippen LogP contribution in [0.15, 0.2) is 71.7 Å². The van der Waals surface area contributed by atoms with Crippen LogP contribution in [-0.4, -0.2) is 49.4 Å². The van der Waals surface area contributed by atoms with Gasteiger partial charge in [-0.1, -0.05) is 67.7 Å². The van der Waals surface area contributed by atoms with E-state index in [-0.39, 0.29) is 23.0 Å². The van der Waals surface area contributed by atoms with Crippen LogP contribution in [0.5, 0.6) is 0 Å². The lowest BCUT2D eigenvalue weighted by atomic mass is 10.2. The number of nitrogens with zero attached hydrogens (tertiary/aromatic N) is 3. The number of aryl methyl sites for hydroxylation is 2. The first kappa shape index (κ1) is 32.9. The number of nitrogen functional groups attached to an aromatic ring is 1. The lowest BCUT2D eigenvalue weighted by molar-refractivity contribution is -0.141. The number of aliphatic hydroxyl groups excluding tert-OH is 1. The molecule has 2 heterocycles. The lowest BCUT2D eigenvalue weighted by Gasteiger charge is -2.11. The molecule has 1 aromatic carbocycles. The maximum Gasteiger partial charge on any atom is 0.337 e. The van der Waals surface area contributed by atoms with Crippen LogP contribution in [0.3, 0.4) is 0 Å². The second-order valence-electron chi connectivity index (χ2n) is 7.91. The Kier molecular flexibility index (Phi) is 14.7. The summed E-state index contributed by atoms with van der Waals surface area (Å²) in [5.41, 5.74) is 7.68. The van der Waals surface area contributed by atoms with Gasteiger partial charge in [-0.15, -0.1) is 0 Å². The minimum absolute atomic E-state index is 0.102. The molecule has 0 bridgehead atoms. The number of nitrogens with two attached hydrogens (primary N) is 1. The Balaban J connectivity index is 0.000000528. The summed E-state index contributed by atoms with van der Waals surface area (Å²) in [4.78, 5) is 41.9. The monoisotopic (exact) mass is 556 g/mol. The van der Waals surface area contributed by atoms with E-state index in [1.165, 1.54) is 16.8 Å². The van der Waals surface area contributed by atoms with E-state index in [4.69, 9.17) is 15.6 Å². The molecule has 11 heteroatoms. The van der Waals surface area contributed by atoms with Crippen molar-refractivity contribution in [1.29, 1.82) is 0 Å². The van der Waals surface area contributed by atoms with E-state index in [0.717, 1.165) is 16.9 Å². The molecule has 0 saturated heterocycles. The summed E-state index contributed by atoms with van der Waals surface area (Å²) >= 11 is 1.05. The number of carbonyl (C=O) groups excluding carboxylic acids is 1. The first-order valence-electron chi connectivity index (χ1n) is 12.4. The molecule has 0 radical (unpaired) electrons. The van der Waals surface area contributed by atoms with Crippen LogP contribution in [0.1, 0.15) is 49.5 Å². The van der Waals surface area contributed by atoms with Crippen LogP contribution in [0.4, 0.5) is 5.95 Å². The maximum absolute atomic E-state index is 12.0. The number of ether oxygens (including phenoxy) is 1. The third-order valence-corrected chi connectivity index (χ3v) is 5.82. The summed E-state index contributed by atoms with van der Waals surface area (Å²) in [6.45, 7) is 11.6. The first-order valence-corrected chi connectivity index (χ1v) is 13.2. The summed E-state index contributed by atoms with van der Waals surface area (Å²) < 4.78 is 7.19. The third-order valence-electron chi connectivity index (χ3n) is 4.92. The van der Waals surface area contributed by atoms with Crippen molar-refractivity contribution < 1.29 is 24.5 Å². The molecular formula is C28H36N4O6S. The standard InChI is InChI=1S/C18H22N4O4S.C8H8O2.C2H6/c1-3-4-5-7-12(2)16(24)26-11-13(23)8-6-9-22-15-14(27-18(22)25)10-20-17(19)21-15;1-6-2-4-7(5-3-6)8(9)10;1-2/h3-5,7,10,13,23H,2,6,8-9,11H2,1H3,(H2,19,20,21);2-5H,1H3,(H,9,10);1-2H3/b4-3-,7-5-;;. The molecule has 3 rings (SSSR count). The predicted molar refractivity (Wildman–Crippen MR) is 155 cm³/mol. The Morgan fingerprint density at radius 1 is 1.23 bits per heavy atom. The van der Waals surface area contributed by atoms with Crippen LogP contribution in [0, 0.1) is 6.92 Å². The largest absolute Gasteiger partial charge is 0.478 e. The predicted octanol–water partition coefficient (Wildman–Crippen LogP) is 4.53. The highest BCUT2D eigenvalue weighted by molar-refractivity contribution is 7.16. The number of allylic oxidation sites excluding steroid dienone is 3. The third kappa shape index (κ3) is 11.5. The molecule has 2 aromatic heterocycles. The van der Waals surface area contributed by atoms with Crippen molar-refractivity contribution >= 4 is 39.6 Å². The lowest BCUT2D eigenvalue weighted by Crippen LogP contribution is -2.20. The van der Waals surface area contributed by atoms with Gasteiger partial charge in [0.15, 0.2) is 5.65 Å². The van der Waals surface area contributed by atoms with Crippen LogP contribution in [-0.2, 0) is 16.1 Å². The van der Waals surface area contributed by atoms with Gasteiger partial charge in [-0.25, -0.2) is 14.6 Å². The average Bonchev–Trinajstić information content (AvgIpc) is 3.23. The first-order chi connectivity index (χ1) is 18.6. The van der Waals surface area contributed by atoms with Crippen LogP contribution >= 0.6 is 11.3 Å². The zero-order valence-electron chi connectivity index (χ0n) is 22.7. The van der Waals surface area contributed by atoms with Gasteiger partial charge >= 0.3 is 16.8 Å². The number of hydrogen-bond acceptors (Lipinski definition) is 9. The zero-order chi connectivity index (χ0) is 29.4. The van der Waals surface area contributed by atoms with E-state index in [9.17, 15) is 19.5 Å². The van der Waals surface area contributed by atoms with E-state index < -0.39 is 18.0 Å². The summed E-state index contributed by atoms with van der Waals surface area (Å²) in [7, 11) is 0. The number of esters is 1. The number of rotatable bonds is 10. The molecule has 0 aliphatic carbocycles. The number of aromatic carboxylic acids is 1. The number of anilines is 1. The van der Waals surface area contributed by atoms with Crippen molar-refractivity contribution in [3.05, 3.63) is 87.7 Å². The molecule has 1 atom stereocenters. The minimum Gasteiger partial charge on any atom is -0.478 e. The topological polar surface area (TPSA) is 158 Å². The molecule has 0 spiro atoms. The Morgan fingerprint density at radius 3 is 2.51 bits per heavy atom. The molecule has 39 heavy (non-hydrogen) atoms. The Labute approximate surface area is 231 Å². The van der Waals surface area contributed by atoms with E-state index in [2.05, 4.69) is 16.5 Å². The Morgan fingerprint density at radius 2 is 1.90 bits per heavy atom. The van der Waals surface area contributed by atoms with Crippen molar-refractivity contribution in [3.8, 4) is 0 Å². The molecule has 1 unspecified atom stereocenters. The fourth-order valence-corrected chi connectivity index (χ4v) is 3.78. The van der Waals surface area contributed by atoms with Crippen molar-refractivity contribution in [2.45, 2.75) is 53.2 Å². The quantitative estimate of drug-likeness (QED) is 0.185. The number of aliphatic hydroxyl groups is 1. The summed E-state index contributed by atoms with van der Waals surface area (Å²) in [5.74, 6) is -1.35. The van der Waals surface area contributed by atoms with E-state index in [0.29, 0.717) is 35.3 Å². The molecule has 3 aromatic rings. The molecule has 10 nitrogen and oxygen atoms in total. The van der Waals surface area contributed by atoms with Crippen LogP contribution in [0.25, 0.3) is 10.3 Å². The summed E-state index contributed by atoms with van der Waals surface area (Å²) in [6, 6.07) is 6.75. The van der Waals surface area contributed by atoms with Crippen LogP contribution < -0.4 is 10.6 Å². The normalized spacial score (nSPS) is 11.4. The van der Waals surface area contributed by atoms with Crippen molar-refractivity contribution in [1.82, 2.24) is 14.5 Å². The number of hydrogen-bond donors (Lipinski definition) is 3. The van der Waals surface area contributed by atoms with Gasteiger partial charge in [0.2, 0.25) is 5.95 Å².